The lowest BCUT2D eigenvalue weighted by atomic mass is 9.77. The fourth-order valence-corrected chi connectivity index (χ4v) is 7.47. The largest absolute Gasteiger partial charge is 0.497 e. The monoisotopic (exact) mass is 667 g/mol. The average molecular weight is 668 g/mol. The second-order valence-corrected chi connectivity index (χ2v) is 18.7. The Morgan fingerprint density at radius 3 is 2.00 bits per heavy atom. The van der Waals surface area contributed by atoms with Crippen molar-refractivity contribution in [3.63, 3.8) is 0 Å². The molecular weight excluding hydrogens is 623 g/mol. The molecule has 1 saturated heterocycles. The molecule has 1 aliphatic heterocycles. The Bertz CT molecular complexity index is 1790. The number of aliphatic hydroxyl groups is 2. The number of hydrogen-bond acceptors (Lipinski definition) is 9. The molecule has 1 fully saturated rings. The lowest BCUT2D eigenvalue weighted by molar-refractivity contribution is -0.0773. The molecule has 3 N–H and O–H groups in total. The Balaban J connectivity index is 1.49. The molecule has 0 unspecified atom stereocenters. The highest BCUT2D eigenvalue weighted by molar-refractivity contribution is 6.74. The van der Waals surface area contributed by atoms with Crippen molar-refractivity contribution in [1.82, 2.24) is 19.5 Å². The van der Waals surface area contributed by atoms with Crippen molar-refractivity contribution in [1.29, 1.82) is 0 Å². The van der Waals surface area contributed by atoms with Crippen LogP contribution in [0, 0.1) is 0 Å². The van der Waals surface area contributed by atoms with Gasteiger partial charge in [-0.1, -0.05) is 93.6 Å². The van der Waals surface area contributed by atoms with Crippen LogP contribution in [0.15, 0.2) is 97.6 Å². The number of benzene rings is 3. The molecule has 1 aliphatic rings. The molecule has 0 aliphatic carbocycles. The number of fused-ring (bicyclic) bond motifs is 1. The zero-order valence-electron chi connectivity index (χ0n) is 28.5. The highest BCUT2D eigenvalue weighted by Gasteiger charge is 2.52. The number of nitrogens with one attached hydrogen (secondary N) is 1. The zero-order valence-corrected chi connectivity index (χ0v) is 29.5. The number of imidazole rings is 1. The van der Waals surface area contributed by atoms with Gasteiger partial charge in [0.1, 0.15) is 35.9 Å². The van der Waals surface area contributed by atoms with Gasteiger partial charge in [-0.2, -0.15) is 0 Å². The van der Waals surface area contributed by atoms with E-state index in [0.29, 0.717) is 17.0 Å². The molecule has 5 aromatic rings. The van der Waals surface area contributed by atoms with Crippen LogP contribution in [0.5, 0.6) is 5.75 Å². The minimum atomic E-state index is -2.37. The normalized spacial score (nSPS) is 20.9. The summed E-state index contributed by atoms with van der Waals surface area (Å²) in [5, 5.41) is 25.7. The van der Waals surface area contributed by atoms with Crippen LogP contribution in [0.25, 0.3) is 11.2 Å². The molecular formula is C37H45N5O5Si. The molecule has 10 nitrogen and oxygen atoms in total. The summed E-state index contributed by atoms with van der Waals surface area (Å²) in [6.45, 7) is 12.3. The van der Waals surface area contributed by atoms with Crippen LogP contribution in [0.2, 0.25) is 18.1 Å². The lowest BCUT2D eigenvalue weighted by Gasteiger charge is -2.40. The van der Waals surface area contributed by atoms with E-state index in [9.17, 15) is 10.2 Å². The van der Waals surface area contributed by atoms with E-state index in [0.717, 1.165) is 22.4 Å². The van der Waals surface area contributed by atoms with Crippen LogP contribution in [0.1, 0.15) is 50.6 Å². The van der Waals surface area contributed by atoms with Crippen molar-refractivity contribution in [2.75, 3.05) is 12.4 Å². The second-order valence-electron chi connectivity index (χ2n) is 13.9. The van der Waals surface area contributed by atoms with E-state index >= 15 is 0 Å². The summed E-state index contributed by atoms with van der Waals surface area (Å²) >= 11 is 0. The number of rotatable bonds is 10. The number of aromatic nitrogens is 4. The number of methoxy groups -OCH3 is 1. The minimum Gasteiger partial charge on any atom is -0.497 e. The lowest BCUT2D eigenvalue weighted by Crippen LogP contribution is -2.49. The van der Waals surface area contributed by atoms with Crippen molar-refractivity contribution in [2.24, 2.45) is 0 Å². The molecule has 3 aromatic carbocycles. The summed E-state index contributed by atoms with van der Waals surface area (Å²) in [6.07, 6.45) is -1.20. The van der Waals surface area contributed by atoms with E-state index in [1.54, 1.807) is 24.9 Å². The summed E-state index contributed by atoms with van der Waals surface area (Å²) in [5.41, 5.74) is 3.11. The first-order chi connectivity index (χ1) is 22.9. The Hall–Kier alpha value is -4.13. The van der Waals surface area contributed by atoms with Gasteiger partial charge in [0.2, 0.25) is 0 Å². The van der Waals surface area contributed by atoms with Crippen LogP contribution in [-0.2, 0) is 14.7 Å². The van der Waals surface area contributed by atoms with Crippen molar-refractivity contribution < 1.29 is 24.1 Å². The Morgan fingerprint density at radius 2 is 1.46 bits per heavy atom. The predicted octanol–water partition coefficient (Wildman–Crippen LogP) is 6.27. The minimum absolute atomic E-state index is 0.115. The maximum absolute atomic E-state index is 11.4. The zero-order chi connectivity index (χ0) is 34.3. The Labute approximate surface area is 282 Å². The first-order valence-electron chi connectivity index (χ1n) is 16.3. The maximum atomic E-state index is 11.4. The number of anilines is 1. The number of nitrogens with zero attached hydrogens (tertiary/aromatic N) is 4. The van der Waals surface area contributed by atoms with Gasteiger partial charge >= 0.3 is 0 Å². The second kappa shape index (κ2) is 13.1. The van der Waals surface area contributed by atoms with Crippen molar-refractivity contribution in [3.8, 4) is 5.75 Å². The Morgan fingerprint density at radius 1 is 0.875 bits per heavy atom. The summed E-state index contributed by atoms with van der Waals surface area (Å²) in [5.74, 6) is 1.26. The molecule has 3 heterocycles. The van der Waals surface area contributed by atoms with Gasteiger partial charge < -0.3 is 29.4 Å². The topological polar surface area (TPSA) is 124 Å². The van der Waals surface area contributed by atoms with E-state index in [-0.39, 0.29) is 5.04 Å². The van der Waals surface area contributed by atoms with Crippen molar-refractivity contribution in [3.05, 3.63) is 114 Å². The first kappa shape index (κ1) is 33.8. The van der Waals surface area contributed by atoms with Crippen LogP contribution in [0.3, 0.4) is 0 Å². The van der Waals surface area contributed by atoms with Crippen LogP contribution in [0.4, 0.5) is 5.82 Å². The molecule has 48 heavy (non-hydrogen) atoms. The smallest absolute Gasteiger partial charge is 0.192 e. The van der Waals surface area contributed by atoms with E-state index in [1.165, 1.54) is 6.33 Å². The third-order valence-corrected chi connectivity index (χ3v) is 14.3. The molecule has 5 atom stereocenters. The van der Waals surface area contributed by atoms with Crippen LogP contribution < -0.4 is 10.1 Å². The maximum Gasteiger partial charge on any atom is 0.192 e. The van der Waals surface area contributed by atoms with Gasteiger partial charge in [-0.05, 0) is 53.9 Å². The Kier molecular flexibility index (Phi) is 9.18. The summed E-state index contributed by atoms with van der Waals surface area (Å²) in [4.78, 5) is 14.2. The van der Waals surface area contributed by atoms with E-state index in [1.807, 2.05) is 48.5 Å². The molecule has 0 radical (unpaired) electrons. The fourth-order valence-electron chi connectivity index (χ4n) is 6.18. The van der Waals surface area contributed by atoms with Gasteiger partial charge in [-0.3, -0.25) is 4.57 Å². The first-order valence-corrected chi connectivity index (χ1v) is 19.2. The van der Waals surface area contributed by atoms with Gasteiger partial charge in [-0.25, -0.2) is 15.0 Å². The third kappa shape index (κ3) is 6.01. The highest BCUT2D eigenvalue weighted by atomic mass is 28.4. The fraction of sp³-hybridized carbons (Fsp3) is 0.378. The molecule has 2 aromatic heterocycles. The quantitative estimate of drug-likeness (QED) is 0.117. The summed E-state index contributed by atoms with van der Waals surface area (Å²) in [6, 6.07) is 28.4. The third-order valence-electron chi connectivity index (χ3n) is 9.84. The van der Waals surface area contributed by atoms with Gasteiger partial charge in [0.25, 0.3) is 0 Å². The molecule has 11 heteroatoms. The van der Waals surface area contributed by atoms with Crippen molar-refractivity contribution in [2.45, 2.75) is 82.0 Å². The summed E-state index contributed by atoms with van der Waals surface area (Å²) < 4.78 is 20.4. The SMILES string of the molecule is COc1ccc(C(Nc2ncnc3c2ncn3[C@@H]2O[C@H]([C@H](C)O)[C@@H](O)[C@H]2O[Si](C)(C)C(C)(C)C)(c2ccccc2)c2ccccc2)cc1. The number of aliphatic hydroxyl groups excluding tert-OH is 2. The van der Waals surface area contributed by atoms with E-state index in [2.05, 4.69) is 80.6 Å². The van der Waals surface area contributed by atoms with Crippen LogP contribution >= 0.6 is 0 Å². The standard InChI is InChI=1S/C37H45N5O5Si/c1-24(43)31-30(44)32(47-48(6,7)36(2,3)4)35(46-31)42-23-40-29-33(38-22-39-34(29)42)41-37(25-14-10-8-11-15-25,26-16-12-9-13-17-26)27-18-20-28(45-5)21-19-27/h8-24,30-32,35,43-44H,1-7H3,(H,38,39,41)/t24-,30+,31+,32+,35+/m0/s1. The van der Waals surface area contributed by atoms with Gasteiger partial charge in [0, 0.05) is 0 Å². The molecule has 0 saturated carbocycles. The van der Waals surface area contributed by atoms with Crippen LogP contribution in [-0.4, -0.2) is 69.6 Å². The van der Waals surface area contributed by atoms with E-state index < -0.39 is 44.5 Å². The van der Waals surface area contributed by atoms with Crippen molar-refractivity contribution >= 4 is 25.3 Å². The molecule has 252 valence electrons. The number of hydrogen-bond donors (Lipinski definition) is 3. The molecule has 0 bridgehead atoms. The van der Waals surface area contributed by atoms with Gasteiger partial charge in [0.15, 0.2) is 31.5 Å². The summed E-state index contributed by atoms with van der Waals surface area (Å²) in [7, 11) is -0.715. The van der Waals surface area contributed by atoms with Gasteiger partial charge in [0.05, 0.1) is 19.5 Å². The molecule has 0 amide bonds. The van der Waals surface area contributed by atoms with E-state index in [4.69, 9.17) is 23.9 Å². The van der Waals surface area contributed by atoms with Gasteiger partial charge in [-0.15, -0.1) is 0 Å². The average Bonchev–Trinajstić information content (AvgIpc) is 3.65. The predicted molar refractivity (Wildman–Crippen MR) is 188 cm³/mol. The molecule has 6 rings (SSSR count). The molecule has 0 spiro atoms. The number of ether oxygens (including phenoxy) is 2. The highest BCUT2D eigenvalue weighted by Crippen LogP contribution is 2.44.